The number of hydrogen-bond acceptors (Lipinski definition) is 8. The van der Waals surface area contributed by atoms with Gasteiger partial charge in [0.05, 0.1) is 29.3 Å². The molecule has 0 saturated carbocycles. The Hall–Kier alpha value is -3.30. The smallest absolute Gasteiger partial charge is 0.338 e. The number of rotatable bonds is 8. The molecular formula is C23H23Cl2N5O4. The van der Waals surface area contributed by atoms with Crippen LogP contribution in [0.3, 0.4) is 0 Å². The van der Waals surface area contributed by atoms with Crippen molar-refractivity contribution in [2.45, 2.75) is 32.9 Å². The summed E-state index contributed by atoms with van der Waals surface area (Å²) in [5, 5.41) is 15.8. The van der Waals surface area contributed by atoms with Crippen molar-refractivity contribution in [1.29, 1.82) is 0 Å². The Kier molecular flexibility index (Phi) is 7.23. The zero-order valence-electron chi connectivity index (χ0n) is 18.8. The molecule has 2 aromatic carbocycles. The molecule has 9 nitrogen and oxygen atoms in total. The molecule has 3 aromatic rings. The van der Waals surface area contributed by atoms with Gasteiger partial charge in [0, 0.05) is 5.70 Å². The molecule has 0 saturated heterocycles. The maximum Gasteiger partial charge on any atom is 0.338 e. The topological polar surface area (TPSA) is 100 Å². The third-order valence-electron chi connectivity index (χ3n) is 5.25. The number of carbonyl (C=O) groups excluding carboxylic acids is 1. The molecule has 1 aliphatic rings. The zero-order valence-corrected chi connectivity index (χ0v) is 20.4. The lowest BCUT2D eigenvalue weighted by Crippen LogP contribution is -2.29. The molecule has 0 spiro atoms. The van der Waals surface area contributed by atoms with E-state index in [0.29, 0.717) is 51.8 Å². The Morgan fingerprint density at radius 2 is 1.97 bits per heavy atom. The number of fused-ring (bicyclic) bond motifs is 1. The number of esters is 1. The highest BCUT2D eigenvalue weighted by atomic mass is 35.5. The normalized spacial score (nSPS) is 14.9. The molecule has 0 aliphatic carbocycles. The van der Waals surface area contributed by atoms with Crippen molar-refractivity contribution in [3.8, 4) is 11.5 Å². The van der Waals surface area contributed by atoms with E-state index in [-0.39, 0.29) is 6.61 Å². The minimum Gasteiger partial charge on any atom is -0.493 e. The zero-order chi connectivity index (χ0) is 24.2. The molecule has 2 heterocycles. The predicted octanol–water partition coefficient (Wildman–Crippen LogP) is 4.81. The van der Waals surface area contributed by atoms with Gasteiger partial charge < -0.3 is 19.5 Å². The van der Waals surface area contributed by atoms with Crippen molar-refractivity contribution in [2.24, 2.45) is 0 Å². The van der Waals surface area contributed by atoms with Crippen molar-refractivity contribution >= 4 is 35.1 Å². The van der Waals surface area contributed by atoms with Gasteiger partial charge in [-0.1, -0.05) is 47.4 Å². The van der Waals surface area contributed by atoms with Crippen molar-refractivity contribution in [3.05, 3.63) is 68.8 Å². The molecule has 1 atom stereocenters. The molecule has 1 unspecified atom stereocenters. The average molecular weight is 504 g/mol. The second-order valence-corrected chi connectivity index (χ2v) is 8.41. The van der Waals surface area contributed by atoms with Crippen LogP contribution in [-0.4, -0.2) is 39.9 Å². The number of hydrogen-bond donors (Lipinski definition) is 1. The lowest BCUT2D eigenvalue weighted by Gasteiger charge is -2.27. The third-order valence-corrected chi connectivity index (χ3v) is 5.99. The van der Waals surface area contributed by atoms with E-state index in [4.69, 9.17) is 37.4 Å². The molecule has 178 valence electrons. The van der Waals surface area contributed by atoms with Gasteiger partial charge in [0.15, 0.2) is 11.5 Å². The quantitative estimate of drug-likeness (QED) is 0.437. The summed E-state index contributed by atoms with van der Waals surface area (Å²) >= 11 is 12.1. The number of anilines is 1. The number of halogens is 2. The fourth-order valence-corrected chi connectivity index (χ4v) is 3.94. The number of nitrogens with zero attached hydrogens (tertiary/aromatic N) is 4. The molecule has 0 fully saturated rings. The van der Waals surface area contributed by atoms with Gasteiger partial charge in [0.1, 0.15) is 12.6 Å². The summed E-state index contributed by atoms with van der Waals surface area (Å²) < 4.78 is 18.5. The lowest BCUT2D eigenvalue weighted by molar-refractivity contribution is -0.139. The standard InChI is InChI=1S/C23H23Cl2N5O4/c1-4-9-33-22(31)20-13(2)26-23-27-28-29-30(23)21(20)15-6-8-18(19(11-15)32-3)34-12-14-5-7-16(24)17(25)10-14/h5-8,10-11,21H,4,9,12H2,1-3H3,(H,26,27,29). The molecule has 1 N–H and O–H groups in total. The molecule has 0 radical (unpaired) electrons. The third kappa shape index (κ3) is 4.80. The molecule has 11 heteroatoms. The van der Waals surface area contributed by atoms with Crippen LogP contribution >= 0.6 is 23.2 Å². The van der Waals surface area contributed by atoms with Gasteiger partial charge >= 0.3 is 5.97 Å². The van der Waals surface area contributed by atoms with E-state index in [0.717, 1.165) is 11.1 Å². The van der Waals surface area contributed by atoms with Gasteiger partial charge in [-0.15, -0.1) is 0 Å². The molecule has 1 aliphatic heterocycles. The van der Waals surface area contributed by atoms with Crippen molar-refractivity contribution < 1.29 is 19.0 Å². The Bertz CT molecular complexity index is 1240. The predicted molar refractivity (Wildman–Crippen MR) is 127 cm³/mol. The van der Waals surface area contributed by atoms with E-state index in [1.165, 1.54) is 0 Å². The number of carbonyl (C=O) groups is 1. The minimum atomic E-state index is -0.603. The van der Waals surface area contributed by atoms with Gasteiger partial charge in [-0.2, -0.15) is 4.68 Å². The molecular weight excluding hydrogens is 481 g/mol. The van der Waals surface area contributed by atoms with Crippen LogP contribution in [0.15, 0.2) is 47.7 Å². The van der Waals surface area contributed by atoms with Crippen LogP contribution in [0.5, 0.6) is 11.5 Å². The van der Waals surface area contributed by atoms with Crippen LogP contribution in [-0.2, 0) is 16.1 Å². The van der Waals surface area contributed by atoms with Crippen molar-refractivity contribution in [1.82, 2.24) is 20.2 Å². The van der Waals surface area contributed by atoms with Gasteiger partial charge in [0.25, 0.3) is 0 Å². The van der Waals surface area contributed by atoms with Gasteiger partial charge in [-0.05, 0) is 59.2 Å². The number of benzene rings is 2. The fraction of sp³-hybridized carbons (Fsp3) is 0.304. The molecule has 4 rings (SSSR count). The van der Waals surface area contributed by atoms with Gasteiger partial charge in [-0.3, -0.25) is 0 Å². The summed E-state index contributed by atoms with van der Waals surface area (Å²) in [5.41, 5.74) is 2.63. The van der Waals surface area contributed by atoms with Crippen LogP contribution in [0.2, 0.25) is 10.0 Å². The number of nitrogens with one attached hydrogen (secondary N) is 1. The summed E-state index contributed by atoms with van der Waals surface area (Å²) in [5.74, 6) is 1.01. The number of methoxy groups -OCH3 is 1. The van der Waals surface area contributed by atoms with Crippen LogP contribution < -0.4 is 14.8 Å². The number of allylic oxidation sites excluding steroid dienone is 1. The Morgan fingerprint density at radius 3 is 2.71 bits per heavy atom. The van der Waals surface area contributed by atoms with E-state index in [9.17, 15) is 4.79 Å². The lowest BCUT2D eigenvalue weighted by atomic mass is 9.95. The maximum atomic E-state index is 12.9. The van der Waals surface area contributed by atoms with Gasteiger partial charge in [-0.25, -0.2) is 4.79 Å². The summed E-state index contributed by atoms with van der Waals surface area (Å²) in [6.45, 7) is 4.31. The van der Waals surface area contributed by atoms with Crippen LogP contribution in [0.4, 0.5) is 5.95 Å². The van der Waals surface area contributed by atoms with Gasteiger partial charge in [0.2, 0.25) is 5.95 Å². The van der Waals surface area contributed by atoms with Crippen molar-refractivity contribution in [3.63, 3.8) is 0 Å². The first-order valence-electron chi connectivity index (χ1n) is 10.6. The molecule has 0 amide bonds. The number of aromatic nitrogens is 4. The average Bonchev–Trinajstić information content (AvgIpc) is 3.30. The Labute approximate surface area is 206 Å². The first kappa shape index (κ1) is 23.8. The van der Waals surface area contributed by atoms with Crippen LogP contribution in [0.1, 0.15) is 37.4 Å². The number of ether oxygens (including phenoxy) is 3. The SMILES string of the molecule is CCCOC(=O)C1=C(C)Nc2nnnn2C1c1ccc(OCc2ccc(Cl)c(Cl)c2)c(OC)c1. The van der Waals surface area contributed by atoms with Crippen molar-refractivity contribution in [2.75, 3.05) is 19.0 Å². The summed E-state index contributed by atoms with van der Waals surface area (Å²) in [4.78, 5) is 12.9. The van der Waals surface area contributed by atoms with Crippen LogP contribution in [0.25, 0.3) is 0 Å². The van der Waals surface area contributed by atoms with E-state index in [2.05, 4.69) is 20.8 Å². The first-order valence-corrected chi connectivity index (χ1v) is 11.4. The highest BCUT2D eigenvalue weighted by Gasteiger charge is 2.35. The number of tetrazole rings is 1. The second-order valence-electron chi connectivity index (χ2n) is 7.60. The highest BCUT2D eigenvalue weighted by Crippen LogP contribution is 2.39. The molecule has 34 heavy (non-hydrogen) atoms. The molecule has 0 bridgehead atoms. The molecule has 1 aromatic heterocycles. The second kappa shape index (κ2) is 10.3. The minimum absolute atomic E-state index is 0.269. The van der Waals surface area contributed by atoms with E-state index >= 15 is 0 Å². The van der Waals surface area contributed by atoms with E-state index < -0.39 is 12.0 Å². The maximum absolute atomic E-state index is 12.9. The Morgan fingerprint density at radius 1 is 1.15 bits per heavy atom. The summed E-state index contributed by atoms with van der Waals surface area (Å²) in [6.07, 6.45) is 0.713. The summed E-state index contributed by atoms with van der Waals surface area (Å²) in [6, 6.07) is 10.1. The Balaban J connectivity index is 1.65. The fourth-order valence-electron chi connectivity index (χ4n) is 3.62. The highest BCUT2D eigenvalue weighted by molar-refractivity contribution is 6.42. The largest absolute Gasteiger partial charge is 0.493 e. The van der Waals surface area contributed by atoms with E-state index in [1.54, 1.807) is 43.0 Å². The monoisotopic (exact) mass is 503 g/mol. The van der Waals surface area contributed by atoms with Crippen LogP contribution in [0, 0.1) is 0 Å². The first-order chi connectivity index (χ1) is 16.4. The summed E-state index contributed by atoms with van der Waals surface area (Å²) in [7, 11) is 1.55. The van der Waals surface area contributed by atoms with E-state index in [1.807, 2.05) is 19.1 Å².